The van der Waals surface area contributed by atoms with Crippen molar-refractivity contribution < 1.29 is 10.2 Å². The summed E-state index contributed by atoms with van der Waals surface area (Å²) in [6, 6.07) is 0. The van der Waals surface area contributed by atoms with E-state index < -0.39 is 5.60 Å². The molecule has 3 heteroatoms. The van der Waals surface area contributed by atoms with Gasteiger partial charge in [0.2, 0.25) is 0 Å². The topological polar surface area (TPSA) is 40.5 Å². The van der Waals surface area contributed by atoms with Crippen molar-refractivity contribution in [3.63, 3.8) is 0 Å². The lowest BCUT2D eigenvalue weighted by Crippen LogP contribution is -2.19. The highest BCUT2D eigenvalue weighted by atomic mass is 32.2. The molecule has 2 nitrogen and oxygen atoms in total. The molecular weight excluding hydrogens is 148 g/mol. The fraction of sp³-hybridized carbons (Fsp3) is 1.00. The summed E-state index contributed by atoms with van der Waals surface area (Å²) in [7, 11) is 0. The zero-order chi connectivity index (χ0) is 8.04. The van der Waals surface area contributed by atoms with Crippen molar-refractivity contribution >= 4 is 11.8 Å². The Balaban J connectivity index is 3.04. The Labute approximate surface area is 66.6 Å². The Morgan fingerprint density at radius 2 is 1.90 bits per heavy atom. The van der Waals surface area contributed by atoms with E-state index in [4.69, 9.17) is 5.11 Å². The largest absolute Gasteiger partial charge is 0.396 e. The number of aliphatic hydroxyl groups excluding tert-OH is 1. The summed E-state index contributed by atoms with van der Waals surface area (Å²) in [5.41, 5.74) is -0.553. The van der Waals surface area contributed by atoms with Crippen LogP contribution in [0.25, 0.3) is 0 Å². The van der Waals surface area contributed by atoms with E-state index in [-0.39, 0.29) is 6.61 Å². The van der Waals surface area contributed by atoms with Crippen LogP contribution in [0.3, 0.4) is 0 Å². The highest BCUT2D eigenvalue weighted by Crippen LogP contribution is 2.11. The molecule has 0 aromatic carbocycles. The average Bonchev–Trinajstić information content (AvgIpc) is 1.78. The minimum absolute atomic E-state index is 0.233. The van der Waals surface area contributed by atoms with E-state index in [1.54, 1.807) is 25.6 Å². The van der Waals surface area contributed by atoms with E-state index >= 15 is 0 Å². The smallest absolute Gasteiger partial charge is 0.0599 e. The van der Waals surface area contributed by atoms with Gasteiger partial charge >= 0.3 is 0 Å². The first kappa shape index (κ1) is 10.3. The van der Waals surface area contributed by atoms with Crippen molar-refractivity contribution in [3.8, 4) is 0 Å². The van der Waals surface area contributed by atoms with Crippen molar-refractivity contribution in [3.05, 3.63) is 0 Å². The van der Waals surface area contributed by atoms with Crippen LogP contribution in [0.2, 0.25) is 0 Å². The molecule has 0 aromatic heterocycles. The second-order valence-electron chi connectivity index (χ2n) is 2.90. The number of aliphatic hydroxyl groups is 2. The molecule has 0 fully saturated rings. The summed E-state index contributed by atoms with van der Waals surface area (Å²) < 4.78 is 0. The lowest BCUT2D eigenvalue weighted by atomic mass is 10.1. The fourth-order valence-electron chi connectivity index (χ4n) is 0.489. The van der Waals surface area contributed by atoms with Gasteiger partial charge in [-0.15, -0.1) is 0 Å². The Bertz CT molecular complexity index is 78.2. The molecule has 0 rings (SSSR count). The molecule has 62 valence electrons. The zero-order valence-corrected chi connectivity index (χ0v) is 7.45. The van der Waals surface area contributed by atoms with Gasteiger partial charge in [0, 0.05) is 5.75 Å². The number of rotatable bonds is 5. The molecule has 0 unspecified atom stereocenters. The van der Waals surface area contributed by atoms with Crippen molar-refractivity contribution in [1.82, 2.24) is 0 Å². The molecule has 0 heterocycles. The lowest BCUT2D eigenvalue weighted by molar-refractivity contribution is 0.0777. The maximum atomic E-state index is 9.24. The van der Waals surface area contributed by atoms with E-state index in [2.05, 4.69) is 0 Å². The van der Waals surface area contributed by atoms with Gasteiger partial charge in [-0.2, -0.15) is 11.8 Å². The summed E-state index contributed by atoms with van der Waals surface area (Å²) in [5, 5.41) is 17.7. The molecule has 0 bridgehead atoms. The average molecular weight is 164 g/mol. The first-order valence-electron chi connectivity index (χ1n) is 3.47. The van der Waals surface area contributed by atoms with Crippen LogP contribution in [-0.4, -0.2) is 33.9 Å². The second-order valence-corrected chi connectivity index (χ2v) is 4.12. The third-order valence-corrected chi connectivity index (χ3v) is 2.06. The fourth-order valence-corrected chi connectivity index (χ4v) is 1.47. The summed E-state index contributed by atoms with van der Waals surface area (Å²) >= 11 is 1.67. The second kappa shape index (κ2) is 4.99. The molecule has 0 atom stereocenters. The Morgan fingerprint density at radius 1 is 1.30 bits per heavy atom. The Morgan fingerprint density at radius 3 is 2.30 bits per heavy atom. The van der Waals surface area contributed by atoms with Gasteiger partial charge in [-0.1, -0.05) is 0 Å². The highest BCUT2D eigenvalue weighted by Gasteiger charge is 2.10. The maximum absolute atomic E-state index is 9.24. The van der Waals surface area contributed by atoms with E-state index in [9.17, 15) is 5.11 Å². The summed E-state index contributed by atoms with van der Waals surface area (Å²) in [6.07, 6.45) is 0.789. The monoisotopic (exact) mass is 164 g/mol. The predicted molar refractivity (Wildman–Crippen MR) is 45.3 cm³/mol. The van der Waals surface area contributed by atoms with Crippen LogP contribution in [0.4, 0.5) is 0 Å². The molecule has 0 saturated carbocycles. The number of thioether (sulfide) groups is 1. The van der Waals surface area contributed by atoms with Gasteiger partial charge in [-0.25, -0.2) is 0 Å². The van der Waals surface area contributed by atoms with Crippen LogP contribution >= 0.6 is 11.8 Å². The summed E-state index contributed by atoms with van der Waals surface area (Å²) in [4.78, 5) is 0. The van der Waals surface area contributed by atoms with E-state index in [1.807, 2.05) is 0 Å². The molecule has 10 heavy (non-hydrogen) atoms. The SMILES string of the molecule is CC(C)(O)CCSCCO. The van der Waals surface area contributed by atoms with Crippen LogP contribution in [0, 0.1) is 0 Å². The number of hydrogen-bond acceptors (Lipinski definition) is 3. The molecule has 0 radical (unpaired) electrons. The molecular formula is C7H16O2S. The quantitative estimate of drug-likeness (QED) is 0.592. The zero-order valence-electron chi connectivity index (χ0n) is 6.63. The first-order chi connectivity index (χ1) is 4.56. The highest BCUT2D eigenvalue weighted by molar-refractivity contribution is 7.99. The Kier molecular flexibility index (Phi) is 5.13. The Hall–Kier alpha value is 0.270. The number of hydrogen-bond donors (Lipinski definition) is 2. The minimum Gasteiger partial charge on any atom is -0.396 e. The van der Waals surface area contributed by atoms with Crippen molar-refractivity contribution in [1.29, 1.82) is 0 Å². The van der Waals surface area contributed by atoms with Crippen molar-refractivity contribution in [2.24, 2.45) is 0 Å². The lowest BCUT2D eigenvalue weighted by Gasteiger charge is -2.15. The molecule has 0 amide bonds. The molecule has 0 aliphatic carbocycles. The molecule has 2 N–H and O–H groups in total. The van der Waals surface area contributed by atoms with Crippen LogP contribution in [0.1, 0.15) is 20.3 Å². The predicted octanol–water partition coefficient (Wildman–Crippen LogP) is 0.873. The molecule has 0 spiro atoms. The van der Waals surface area contributed by atoms with Crippen molar-refractivity contribution in [2.45, 2.75) is 25.9 Å². The molecule has 0 aliphatic heterocycles. The van der Waals surface area contributed by atoms with Gasteiger partial charge in [-0.3, -0.25) is 0 Å². The van der Waals surface area contributed by atoms with Crippen LogP contribution in [-0.2, 0) is 0 Å². The van der Waals surface area contributed by atoms with Gasteiger partial charge in [0.25, 0.3) is 0 Å². The minimum atomic E-state index is -0.553. The molecule has 0 aromatic rings. The van der Waals surface area contributed by atoms with E-state index in [1.165, 1.54) is 0 Å². The standard InChI is InChI=1S/C7H16O2S/c1-7(2,9)3-5-10-6-4-8/h8-9H,3-6H2,1-2H3. The third kappa shape index (κ3) is 8.27. The van der Waals surface area contributed by atoms with Gasteiger partial charge in [0.05, 0.1) is 12.2 Å². The van der Waals surface area contributed by atoms with Crippen molar-refractivity contribution in [2.75, 3.05) is 18.1 Å². The van der Waals surface area contributed by atoms with Crippen LogP contribution in [0.5, 0.6) is 0 Å². The summed E-state index contributed by atoms with van der Waals surface area (Å²) in [5.74, 6) is 1.69. The van der Waals surface area contributed by atoms with E-state index in [0.717, 1.165) is 17.9 Å². The van der Waals surface area contributed by atoms with Gasteiger partial charge in [-0.05, 0) is 26.0 Å². The van der Waals surface area contributed by atoms with Gasteiger partial charge < -0.3 is 10.2 Å². The first-order valence-corrected chi connectivity index (χ1v) is 4.63. The van der Waals surface area contributed by atoms with Crippen LogP contribution < -0.4 is 0 Å². The molecule has 0 saturated heterocycles. The molecule has 0 aliphatic rings. The van der Waals surface area contributed by atoms with Gasteiger partial charge in [0.1, 0.15) is 0 Å². The summed E-state index contributed by atoms with van der Waals surface area (Å²) in [6.45, 7) is 3.83. The third-order valence-electron chi connectivity index (χ3n) is 1.09. The normalized spacial score (nSPS) is 12.0. The maximum Gasteiger partial charge on any atom is 0.0599 e. The van der Waals surface area contributed by atoms with Crippen LogP contribution in [0.15, 0.2) is 0 Å². The van der Waals surface area contributed by atoms with Gasteiger partial charge in [0.15, 0.2) is 0 Å². The van der Waals surface area contributed by atoms with E-state index in [0.29, 0.717) is 0 Å².